The van der Waals surface area contributed by atoms with E-state index in [9.17, 15) is 65.4 Å². The Kier molecular flexibility index (Phi) is 11.3. The third-order valence-corrected chi connectivity index (χ3v) is 14.5. The number of piperidine rings is 1. The van der Waals surface area contributed by atoms with Gasteiger partial charge in [0.15, 0.2) is 5.79 Å². The molecule has 5 saturated heterocycles. The van der Waals surface area contributed by atoms with Crippen LogP contribution in [0.4, 0.5) is 0 Å². The number of carboxylic acids is 1. The number of carbonyl (C=O) groups excluding carboxylic acids is 3. The fourth-order valence-corrected chi connectivity index (χ4v) is 11.2. The number of carboxylic acid groups (broad SMARTS) is 1. The van der Waals surface area contributed by atoms with E-state index in [1.807, 2.05) is 5.32 Å². The van der Waals surface area contributed by atoms with Gasteiger partial charge in [0.2, 0.25) is 17.5 Å². The first-order valence-corrected chi connectivity index (χ1v) is 20.3. The second-order valence-electron chi connectivity index (χ2n) is 17.8. The number of quaternary nitrogens is 1. The summed E-state index contributed by atoms with van der Waals surface area (Å²) in [6.45, 7) is 0.559. The summed E-state index contributed by atoms with van der Waals surface area (Å²) in [4.78, 5) is 40.5. The highest BCUT2D eigenvalue weighted by Crippen LogP contribution is 2.54. The van der Waals surface area contributed by atoms with Crippen LogP contribution in [0.5, 0.6) is 0 Å². The molecule has 0 aromatic heterocycles. The highest BCUT2D eigenvalue weighted by Gasteiger charge is 2.69. The largest absolute Gasteiger partial charge is 0.546 e. The first-order chi connectivity index (χ1) is 27.4. The lowest BCUT2D eigenvalue weighted by molar-refractivity contribution is -0.704. The summed E-state index contributed by atoms with van der Waals surface area (Å²) in [5.74, 6) is -4.23. The molecule has 8 aliphatic rings. The normalized spacial score (nSPS) is 54.7. The molecule has 20 heteroatoms. The van der Waals surface area contributed by atoms with E-state index in [0.717, 1.165) is 0 Å². The van der Waals surface area contributed by atoms with Crippen LogP contribution in [-0.4, -0.2) is 173 Å². The number of esters is 1. The molecule has 0 aromatic rings. The van der Waals surface area contributed by atoms with Gasteiger partial charge in [-0.2, -0.15) is 0 Å². The van der Waals surface area contributed by atoms with Gasteiger partial charge in [-0.1, -0.05) is 11.8 Å². The number of nitrogens with two attached hydrogens (primary N) is 2. The van der Waals surface area contributed by atoms with Gasteiger partial charge in [0.05, 0.1) is 61.5 Å². The van der Waals surface area contributed by atoms with Crippen molar-refractivity contribution in [2.75, 3.05) is 6.54 Å². The molecule has 0 radical (unpaired) electrons. The maximum Gasteiger partial charge on any atom is 0.344 e. The molecule has 0 aromatic carbocycles. The van der Waals surface area contributed by atoms with Crippen LogP contribution in [0.1, 0.15) is 64.2 Å². The van der Waals surface area contributed by atoms with E-state index in [2.05, 4.69) is 11.8 Å². The Labute approximate surface area is 332 Å². The molecule has 58 heavy (non-hydrogen) atoms. The smallest absolute Gasteiger partial charge is 0.344 e. The molecule has 324 valence electrons. The standard InChI is InChI=1S/C38H54N2O18/c39-23-5-3-15(13-40-23)16-6-9-38(56-22-12-21-25(26(44)24(16)22)19(43)11-20(54-21)14-2-4-17(41)18(42)10-14)32(50)29(47)31(49)37(58-38)8-1-7-36(34(51)52)30(48)27(45)28(46)33(57-36)55-35(37)53/h14-18,20-33,40-42,44-50H,2-6,8-13,39H2,(H,51,52)/t14?,15?,16-,17?,18?,20?,21?,22?,23?,24?,25?,26?,27+,28+,29-,30-,31-,32+,33-,36+,37-,38-/m0/s1. The van der Waals surface area contributed by atoms with E-state index in [-0.39, 0.29) is 61.8 Å². The second kappa shape index (κ2) is 15.5. The van der Waals surface area contributed by atoms with Crippen molar-refractivity contribution < 1.29 is 94.4 Å². The molecule has 20 nitrogen and oxygen atoms in total. The topological polar surface area (TPSA) is 345 Å². The summed E-state index contributed by atoms with van der Waals surface area (Å²) >= 11 is 0. The lowest BCUT2D eigenvalue weighted by Crippen LogP contribution is -2.95. The van der Waals surface area contributed by atoms with Crippen molar-refractivity contribution in [1.82, 2.24) is 0 Å². The Morgan fingerprint density at radius 1 is 0.793 bits per heavy atom. The minimum atomic E-state index is -3.02. The molecule has 8 rings (SSSR count). The van der Waals surface area contributed by atoms with Crippen molar-refractivity contribution >= 4 is 17.7 Å². The van der Waals surface area contributed by atoms with Gasteiger partial charge in [0.25, 0.3) is 0 Å². The molecule has 2 saturated carbocycles. The SMILES string of the molecule is NC1CCC([C@@H]2CC[C@]3(OC4CC5OC(C6CCC(O)C(O)C6)CC(=O)C5C(O)C42)O[C@@]2(CC#C[C@@]4(C(=O)[O-])O[C@H](OC2=O)[C@H](O)[C@@H](O)[C@@H]4O)[C@@H](O)[C@H](O)[C@H]3O)C[NH2+]1. The van der Waals surface area contributed by atoms with Gasteiger partial charge in [-0.05, 0) is 43.9 Å². The molecule has 7 fully saturated rings. The van der Waals surface area contributed by atoms with Gasteiger partial charge in [0, 0.05) is 37.5 Å². The summed E-state index contributed by atoms with van der Waals surface area (Å²) in [7, 11) is 0. The molecule has 22 atom stereocenters. The highest BCUT2D eigenvalue weighted by atomic mass is 16.8. The first-order valence-electron chi connectivity index (χ1n) is 20.3. The summed E-state index contributed by atoms with van der Waals surface area (Å²) < 4.78 is 30.3. The van der Waals surface area contributed by atoms with E-state index in [1.165, 1.54) is 0 Å². The Morgan fingerprint density at radius 2 is 1.53 bits per heavy atom. The quantitative estimate of drug-likeness (QED) is 0.0930. The van der Waals surface area contributed by atoms with Crippen LogP contribution in [0.15, 0.2) is 0 Å². The number of ketones is 1. The second-order valence-corrected chi connectivity index (χ2v) is 17.8. The number of rotatable bonds is 3. The molecule has 2 aliphatic carbocycles. The van der Waals surface area contributed by atoms with Crippen molar-refractivity contribution in [3.05, 3.63) is 0 Å². The highest BCUT2D eigenvalue weighted by molar-refractivity contribution is 5.84. The average molecular weight is 827 g/mol. The number of hydrogen-bond acceptors (Lipinski definition) is 19. The Hall–Kier alpha value is -2.43. The van der Waals surface area contributed by atoms with Crippen LogP contribution in [0.3, 0.4) is 0 Å². The van der Waals surface area contributed by atoms with Crippen LogP contribution in [0.2, 0.25) is 0 Å². The van der Waals surface area contributed by atoms with Crippen LogP contribution < -0.4 is 16.2 Å². The summed E-state index contributed by atoms with van der Waals surface area (Å²) in [6.07, 6.45) is -20.5. The molecule has 11 unspecified atom stereocenters. The van der Waals surface area contributed by atoms with E-state index < -0.39 is 127 Å². The fraction of sp³-hybridized carbons (Fsp3) is 0.868. The third-order valence-electron chi connectivity index (χ3n) is 14.5. The van der Waals surface area contributed by atoms with Crippen LogP contribution in [0.25, 0.3) is 0 Å². The maximum atomic E-state index is 14.2. The van der Waals surface area contributed by atoms with E-state index >= 15 is 0 Å². The zero-order valence-electron chi connectivity index (χ0n) is 31.6. The van der Waals surface area contributed by atoms with Crippen LogP contribution in [-0.2, 0) is 38.1 Å². The van der Waals surface area contributed by atoms with Gasteiger partial charge in [-0.3, -0.25) is 10.5 Å². The van der Waals surface area contributed by atoms with Crippen molar-refractivity contribution in [3.63, 3.8) is 0 Å². The zero-order chi connectivity index (χ0) is 41.6. The molecule has 6 heterocycles. The number of aliphatic hydroxyl groups is 9. The number of hydrogen-bond donors (Lipinski definition) is 11. The van der Waals surface area contributed by atoms with Gasteiger partial charge in [0.1, 0.15) is 48.6 Å². The number of aliphatic hydroxyl groups excluding tert-OH is 9. The van der Waals surface area contributed by atoms with Gasteiger partial charge in [-0.15, -0.1) is 0 Å². The number of ether oxygens (including phenoxy) is 5. The minimum Gasteiger partial charge on any atom is -0.546 e. The lowest BCUT2D eigenvalue weighted by atomic mass is 9.62. The van der Waals surface area contributed by atoms with Gasteiger partial charge < -0.3 is 84.9 Å². The lowest BCUT2D eigenvalue weighted by Gasteiger charge is -2.55. The average Bonchev–Trinajstić information content (AvgIpc) is 3.31. The zero-order valence-corrected chi connectivity index (χ0v) is 31.6. The Balaban J connectivity index is 1.16. The van der Waals surface area contributed by atoms with Crippen LogP contribution in [0, 0.1) is 41.4 Å². The monoisotopic (exact) mass is 826 g/mol. The van der Waals surface area contributed by atoms with E-state index in [0.29, 0.717) is 32.2 Å². The summed E-state index contributed by atoms with van der Waals surface area (Å²) in [5.41, 5.74) is 0.409. The summed E-state index contributed by atoms with van der Waals surface area (Å²) in [5, 5.41) is 114. The first kappa shape index (κ1) is 42.3. The molecular formula is C38H54N2O18. The third kappa shape index (κ3) is 6.71. The predicted octanol–water partition coefficient (Wildman–Crippen LogP) is -7.29. The van der Waals surface area contributed by atoms with E-state index in [1.54, 1.807) is 0 Å². The number of fused-ring (bicyclic) bond motifs is 4. The van der Waals surface area contributed by atoms with Crippen molar-refractivity contribution in [3.8, 4) is 11.8 Å². The number of aliphatic carboxylic acids is 1. The number of carbonyl (C=O) groups is 3. The molecule has 6 aliphatic heterocycles. The molecular weight excluding hydrogens is 772 g/mol. The predicted molar refractivity (Wildman–Crippen MR) is 184 cm³/mol. The van der Waals surface area contributed by atoms with E-state index in [4.69, 9.17) is 29.4 Å². The molecule has 0 amide bonds. The van der Waals surface area contributed by atoms with Crippen molar-refractivity contribution in [2.45, 2.75) is 167 Å². The van der Waals surface area contributed by atoms with Crippen molar-refractivity contribution in [1.29, 1.82) is 0 Å². The van der Waals surface area contributed by atoms with Gasteiger partial charge in [-0.25, -0.2) is 4.79 Å². The number of Topliss-reactive ketones (excluding diaryl/α,β-unsaturated/α-hetero) is 1. The summed E-state index contributed by atoms with van der Waals surface area (Å²) in [6, 6.07) is 0. The fourth-order valence-electron chi connectivity index (χ4n) is 11.2. The van der Waals surface area contributed by atoms with Crippen LogP contribution >= 0.6 is 0 Å². The molecule has 13 N–H and O–H groups in total. The Bertz CT molecular complexity index is 1670. The molecule has 2 bridgehead atoms. The molecule has 2 spiro atoms. The minimum absolute atomic E-state index is 0.00508. The Morgan fingerprint density at radius 3 is 2.22 bits per heavy atom. The maximum absolute atomic E-state index is 14.2. The van der Waals surface area contributed by atoms with Gasteiger partial charge >= 0.3 is 5.97 Å². The van der Waals surface area contributed by atoms with Crippen molar-refractivity contribution in [2.24, 2.45) is 35.3 Å².